The Morgan fingerprint density at radius 1 is 1.18 bits per heavy atom. The van der Waals surface area contributed by atoms with Crippen LogP contribution in [0.2, 0.25) is 0 Å². The average molecular weight is 472 g/mol. The lowest BCUT2D eigenvalue weighted by molar-refractivity contribution is -0.150. The first kappa shape index (κ1) is 23.5. The zero-order valence-electron chi connectivity index (χ0n) is 18.8. The van der Waals surface area contributed by atoms with Gasteiger partial charge in [-0.3, -0.25) is 14.6 Å². The molecule has 1 N–H and O–H groups in total. The van der Waals surface area contributed by atoms with Gasteiger partial charge in [0.15, 0.2) is 5.16 Å². The molecule has 0 saturated heterocycles. The second-order valence-corrected chi connectivity index (χ2v) is 9.47. The van der Waals surface area contributed by atoms with Gasteiger partial charge in [0.2, 0.25) is 12.7 Å². The molecule has 0 aromatic carbocycles. The second-order valence-electron chi connectivity index (χ2n) is 8.52. The van der Waals surface area contributed by atoms with E-state index in [0.717, 1.165) is 36.3 Å². The summed E-state index contributed by atoms with van der Waals surface area (Å²) in [7, 11) is 0. The lowest BCUT2D eigenvalue weighted by Gasteiger charge is -2.13. The van der Waals surface area contributed by atoms with Crippen molar-refractivity contribution < 1.29 is 24.2 Å². The molecule has 2 aromatic heterocycles. The van der Waals surface area contributed by atoms with E-state index >= 15 is 0 Å². The number of carbonyl (C=O) groups is 2. The molecular weight excluding hydrogens is 442 g/mol. The Balaban J connectivity index is 1.35. The van der Waals surface area contributed by atoms with Crippen molar-refractivity contribution in [3.63, 3.8) is 0 Å². The highest BCUT2D eigenvalue weighted by Gasteiger charge is 2.28. The maximum atomic E-state index is 11.9. The molecule has 2 aliphatic rings. The van der Waals surface area contributed by atoms with Crippen LogP contribution in [0.25, 0.3) is 0 Å². The van der Waals surface area contributed by atoms with Crippen LogP contribution in [-0.4, -0.2) is 38.8 Å². The summed E-state index contributed by atoms with van der Waals surface area (Å²) in [5, 5.41) is 9.31. The number of aliphatic carboxylic acids is 1. The predicted octanol–water partition coefficient (Wildman–Crippen LogP) is 4.36. The monoisotopic (exact) mass is 471 g/mol. The number of carboxylic acids is 1. The number of ether oxygens (including phenoxy) is 2. The van der Waals surface area contributed by atoms with Crippen molar-refractivity contribution >= 4 is 23.7 Å². The lowest BCUT2D eigenvalue weighted by Crippen LogP contribution is -2.12. The number of unbranched alkanes of at least 4 members (excludes halogenated alkanes) is 1. The Kier molecular flexibility index (Phi) is 7.80. The topological polar surface area (TPSA) is 112 Å². The minimum atomic E-state index is -0.861. The largest absolute Gasteiger partial charge is 0.481 e. The third-order valence-electron chi connectivity index (χ3n) is 5.94. The molecule has 176 valence electrons. The minimum absolute atomic E-state index is 0.0536. The van der Waals surface area contributed by atoms with Crippen LogP contribution < -0.4 is 4.74 Å². The summed E-state index contributed by atoms with van der Waals surface area (Å²) in [6, 6.07) is 2.05. The van der Waals surface area contributed by atoms with Crippen LogP contribution in [-0.2, 0) is 32.9 Å². The van der Waals surface area contributed by atoms with Gasteiger partial charge in [0, 0.05) is 42.0 Å². The third-order valence-corrected chi connectivity index (χ3v) is 6.82. The van der Waals surface area contributed by atoms with Gasteiger partial charge in [-0.15, -0.1) is 0 Å². The van der Waals surface area contributed by atoms with E-state index in [1.807, 2.05) is 6.20 Å². The van der Waals surface area contributed by atoms with E-state index in [1.165, 1.54) is 29.7 Å². The van der Waals surface area contributed by atoms with Crippen molar-refractivity contribution in [3.05, 3.63) is 40.3 Å². The molecule has 0 amide bonds. The highest BCUT2D eigenvalue weighted by atomic mass is 32.2. The van der Waals surface area contributed by atoms with Crippen molar-refractivity contribution in [1.29, 1.82) is 0 Å². The number of nitrogens with zero attached hydrogens (tertiary/aromatic N) is 3. The molecule has 0 aliphatic heterocycles. The van der Waals surface area contributed by atoms with Gasteiger partial charge >= 0.3 is 11.9 Å². The molecule has 9 heteroatoms. The number of pyridine rings is 1. The second kappa shape index (κ2) is 11.0. The summed E-state index contributed by atoms with van der Waals surface area (Å²) in [5.74, 6) is 0.568. The summed E-state index contributed by atoms with van der Waals surface area (Å²) in [4.78, 5) is 36.4. The third kappa shape index (κ3) is 6.43. The van der Waals surface area contributed by atoms with E-state index in [1.54, 1.807) is 11.8 Å². The number of carbonyl (C=O) groups excluding carboxylic acids is 1. The molecule has 4 rings (SSSR count). The molecule has 0 bridgehead atoms. The molecule has 8 nitrogen and oxygen atoms in total. The fraction of sp³-hybridized carbons (Fsp3) is 0.542. The van der Waals surface area contributed by atoms with Gasteiger partial charge in [-0.1, -0.05) is 11.8 Å². The van der Waals surface area contributed by atoms with E-state index in [0.29, 0.717) is 29.8 Å². The molecule has 0 unspecified atom stereocenters. The number of carboxylic acid groups (broad SMARTS) is 1. The molecular formula is C24H29N3O5S. The number of aryl methyl sites for hydroxylation is 2. The Labute approximate surface area is 197 Å². The first-order valence-electron chi connectivity index (χ1n) is 11.5. The van der Waals surface area contributed by atoms with E-state index < -0.39 is 11.9 Å². The standard InChI is InChI=1S/C24H29N3O5S/c1-15-11-12-25-22(16-9-10-16)18(15)13-33-24-26-19-6-4-5-17(19)23(27-24)32-14-31-21(30)8-3-2-7-20(28)29/h11-12,16H,2-10,13-14H2,1H3,(H,28,29). The number of thioether (sulfide) groups is 1. The zero-order chi connectivity index (χ0) is 23.2. The predicted molar refractivity (Wildman–Crippen MR) is 122 cm³/mol. The summed E-state index contributed by atoms with van der Waals surface area (Å²) < 4.78 is 10.9. The van der Waals surface area contributed by atoms with Crippen molar-refractivity contribution in [1.82, 2.24) is 15.0 Å². The first-order chi connectivity index (χ1) is 16.0. The Morgan fingerprint density at radius 2 is 2.00 bits per heavy atom. The first-order valence-corrected chi connectivity index (χ1v) is 12.5. The smallest absolute Gasteiger partial charge is 0.308 e. The summed E-state index contributed by atoms with van der Waals surface area (Å²) >= 11 is 1.58. The van der Waals surface area contributed by atoms with Crippen molar-refractivity contribution in [2.75, 3.05) is 6.79 Å². The van der Waals surface area contributed by atoms with E-state index in [2.05, 4.69) is 23.0 Å². The van der Waals surface area contributed by atoms with E-state index in [4.69, 9.17) is 19.6 Å². The van der Waals surface area contributed by atoms with Crippen molar-refractivity contribution in [2.45, 2.75) is 81.5 Å². The molecule has 0 atom stereocenters. The highest BCUT2D eigenvalue weighted by Crippen LogP contribution is 2.42. The van der Waals surface area contributed by atoms with Gasteiger partial charge in [0.05, 0.1) is 5.69 Å². The SMILES string of the molecule is Cc1ccnc(C2CC2)c1CSc1nc2c(c(OCOC(=O)CCCCC(=O)O)n1)CCC2. The number of fused-ring (bicyclic) bond motifs is 1. The molecule has 1 saturated carbocycles. The van der Waals surface area contributed by atoms with Crippen LogP contribution >= 0.6 is 11.8 Å². The maximum Gasteiger partial charge on any atom is 0.308 e. The maximum absolute atomic E-state index is 11.9. The Morgan fingerprint density at radius 3 is 2.79 bits per heavy atom. The van der Waals surface area contributed by atoms with Crippen LogP contribution in [0.4, 0.5) is 0 Å². The van der Waals surface area contributed by atoms with Crippen LogP contribution in [0, 0.1) is 6.92 Å². The quantitative estimate of drug-likeness (QED) is 0.159. The lowest BCUT2D eigenvalue weighted by atomic mass is 10.1. The zero-order valence-corrected chi connectivity index (χ0v) is 19.7. The molecule has 2 aliphatic carbocycles. The van der Waals surface area contributed by atoms with Gasteiger partial charge in [-0.25, -0.2) is 4.98 Å². The number of aromatic nitrogens is 3. The highest BCUT2D eigenvalue weighted by molar-refractivity contribution is 7.98. The summed E-state index contributed by atoms with van der Waals surface area (Å²) in [5.41, 5.74) is 5.72. The normalized spacial score (nSPS) is 14.7. The molecule has 0 spiro atoms. The van der Waals surface area contributed by atoms with Gasteiger partial charge in [0.1, 0.15) is 0 Å². The van der Waals surface area contributed by atoms with Gasteiger partial charge in [0.25, 0.3) is 0 Å². The van der Waals surface area contributed by atoms with Gasteiger partial charge in [-0.2, -0.15) is 4.98 Å². The van der Waals surface area contributed by atoms with E-state index in [-0.39, 0.29) is 19.6 Å². The molecule has 0 radical (unpaired) electrons. The number of hydrogen-bond donors (Lipinski definition) is 1. The fourth-order valence-electron chi connectivity index (χ4n) is 3.97. The van der Waals surface area contributed by atoms with Crippen molar-refractivity contribution in [2.24, 2.45) is 0 Å². The van der Waals surface area contributed by atoms with Crippen LogP contribution in [0.1, 0.15) is 78.9 Å². The van der Waals surface area contributed by atoms with E-state index in [9.17, 15) is 9.59 Å². The molecule has 1 fully saturated rings. The number of rotatable bonds is 12. The average Bonchev–Trinajstić information content (AvgIpc) is 3.52. The minimum Gasteiger partial charge on any atom is -0.481 e. The van der Waals surface area contributed by atoms with Crippen LogP contribution in [0.5, 0.6) is 5.88 Å². The van der Waals surface area contributed by atoms with Gasteiger partial charge < -0.3 is 14.6 Å². The summed E-state index contributed by atoms with van der Waals surface area (Å²) in [6.07, 6.45) is 8.21. The van der Waals surface area contributed by atoms with Gasteiger partial charge in [-0.05, 0) is 69.1 Å². The summed E-state index contributed by atoms with van der Waals surface area (Å²) in [6.45, 7) is 1.91. The van der Waals surface area contributed by atoms with Crippen LogP contribution in [0.15, 0.2) is 17.4 Å². The Bertz CT molecular complexity index is 1030. The molecule has 2 aromatic rings. The number of hydrogen-bond acceptors (Lipinski definition) is 8. The van der Waals surface area contributed by atoms with Crippen LogP contribution in [0.3, 0.4) is 0 Å². The fourth-order valence-corrected chi connectivity index (χ4v) is 4.94. The molecule has 33 heavy (non-hydrogen) atoms. The number of esters is 1. The van der Waals surface area contributed by atoms with Crippen molar-refractivity contribution in [3.8, 4) is 5.88 Å². The Hall–Kier alpha value is -2.68. The molecule has 2 heterocycles.